The first-order valence-electron chi connectivity index (χ1n) is 9.95. The number of carbonyl (C=O) groups is 1. The summed E-state index contributed by atoms with van der Waals surface area (Å²) < 4.78 is 0. The van der Waals surface area contributed by atoms with Crippen molar-refractivity contribution in [2.75, 3.05) is 11.4 Å². The summed E-state index contributed by atoms with van der Waals surface area (Å²) in [4.78, 5) is 27.1. The van der Waals surface area contributed by atoms with Gasteiger partial charge in [-0.15, -0.1) is 0 Å². The lowest BCUT2D eigenvalue weighted by Crippen LogP contribution is -2.36. The second-order valence-corrected chi connectivity index (χ2v) is 7.92. The fourth-order valence-electron chi connectivity index (χ4n) is 3.82. The van der Waals surface area contributed by atoms with Crippen LogP contribution in [-0.2, 0) is 10.2 Å². The summed E-state index contributed by atoms with van der Waals surface area (Å²) in [5.74, 6) is 0.979. The molecule has 28 heavy (non-hydrogen) atoms. The van der Waals surface area contributed by atoms with E-state index in [2.05, 4.69) is 29.0 Å². The largest absolute Gasteiger partial charge is 0.338 e. The van der Waals surface area contributed by atoms with E-state index >= 15 is 0 Å². The number of rotatable bonds is 6. The number of unbranched alkanes of at least 4 members (excludes halogenated alkanes) is 2. The van der Waals surface area contributed by atoms with Crippen LogP contribution >= 0.6 is 0 Å². The van der Waals surface area contributed by atoms with Gasteiger partial charge in [0, 0.05) is 18.9 Å². The Labute approximate surface area is 165 Å². The first-order valence-corrected chi connectivity index (χ1v) is 9.95. The fraction of sp³-hybridized carbons (Fsp3) is 0.348. The first-order chi connectivity index (χ1) is 13.5. The number of anilines is 1. The molecular formula is C23H26N4O. The second-order valence-electron chi connectivity index (χ2n) is 7.92. The van der Waals surface area contributed by atoms with Crippen molar-refractivity contribution in [1.82, 2.24) is 15.0 Å². The van der Waals surface area contributed by atoms with Crippen LogP contribution in [0, 0.1) is 0 Å². The van der Waals surface area contributed by atoms with E-state index in [1.165, 1.54) is 0 Å². The molecule has 144 valence electrons. The number of pyridine rings is 1. The van der Waals surface area contributed by atoms with Crippen LogP contribution in [0.25, 0.3) is 23.2 Å². The van der Waals surface area contributed by atoms with E-state index in [4.69, 9.17) is 4.98 Å². The van der Waals surface area contributed by atoms with Crippen molar-refractivity contribution >= 4 is 34.8 Å². The van der Waals surface area contributed by atoms with Crippen LogP contribution in [0.3, 0.4) is 0 Å². The van der Waals surface area contributed by atoms with E-state index in [9.17, 15) is 4.79 Å². The second kappa shape index (κ2) is 7.23. The van der Waals surface area contributed by atoms with Crippen LogP contribution in [0.4, 0.5) is 5.69 Å². The summed E-state index contributed by atoms with van der Waals surface area (Å²) >= 11 is 0. The van der Waals surface area contributed by atoms with Gasteiger partial charge in [-0.2, -0.15) is 0 Å². The molecule has 1 aromatic carbocycles. The van der Waals surface area contributed by atoms with Gasteiger partial charge in [0.05, 0.1) is 22.1 Å². The van der Waals surface area contributed by atoms with Gasteiger partial charge >= 0.3 is 0 Å². The third kappa shape index (κ3) is 3.21. The maximum atomic E-state index is 13.0. The van der Waals surface area contributed by atoms with Crippen molar-refractivity contribution in [2.24, 2.45) is 0 Å². The highest BCUT2D eigenvalue weighted by molar-refractivity contribution is 6.09. The number of carbonyl (C=O) groups excluding carboxylic acids is 1. The number of amides is 1. The highest BCUT2D eigenvalue weighted by Crippen LogP contribution is 2.43. The minimum atomic E-state index is -0.507. The van der Waals surface area contributed by atoms with Crippen LogP contribution < -0.4 is 4.90 Å². The zero-order valence-electron chi connectivity index (χ0n) is 16.7. The number of aromatic nitrogens is 3. The molecule has 4 rings (SSSR count). The molecule has 0 spiro atoms. The van der Waals surface area contributed by atoms with Gasteiger partial charge in [0.2, 0.25) is 5.91 Å². The topological polar surface area (TPSA) is 61.9 Å². The highest BCUT2D eigenvalue weighted by Gasteiger charge is 2.43. The molecule has 0 aliphatic carbocycles. The highest BCUT2D eigenvalue weighted by atomic mass is 16.2. The van der Waals surface area contributed by atoms with Gasteiger partial charge in [-0.05, 0) is 61.7 Å². The van der Waals surface area contributed by atoms with Crippen LogP contribution in [0.1, 0.15) is 57.0 Å². The zero-order valence-corrected chi connectivity index (χ0v) is 16.7. The normalized spacial score (nSPS) is 15.7. The van der Waals surface area contributed by atoms with Crippen molar-refractivity contribution in [2.45, 2.75) is 45.4 Å². The summed E-state index contributed by atoms with van der Waals surface area (Å²) in [5.41, 5.74) is 4.45. The zero-order chi connectivity index (χ0) is 19.7. The average molecular weight is 374 g/mol. The Morgan fingerprint density at radius 3 is 2.82 bits per heavy atom. The number of imidazole rings is 1. The molecule has 5 heteroatoms. The monoisotopic (exact) mass is 374 g/mol. The average Bonchev–Trinajstić information content (AvgIpc) is 3.18. The summed E-state index contributed by atoms with van der Waals surface area (Å²) in [6, 6.07) is 8.07. The number of benzene rings is 1. The lowest BCUT2D eigenvalue weighted by Gasteiger charge is -2.20. The van der Waals surface area contributed by atoms with Gasteiger partial charge in [-0.3, -0.25) is 9.78 Å². The van der Waals surface area contributed by atoms with E-state index in [1.54, 1.807) is 6.20 Å². The third-order valence-electron chi connectivity index (χ3n) is 5.46. The minimum absolute atomic E-state index is 0.183. The third-order valence-corrected chi connectivity index (χ3v) is 5.46. The number of aromatic amines is 1. The molecule has 0 atom stereocenters. The molecule has 1 aliphatic heterocycles. The molecular weight excluding hydrogens is 348 g/mol. The Balaban J connectivity index is 1.69. The Kier molecular flexibility index (Phi) is 4.75. The van der Waals surface area contributed by atoms with E-state index in [0.717, 1.165) is 59.5 Å². The number of fused-ring (bicyclic) bond motifs is 2. The number of hydrogen-bond donors (Lipinski definition) is 1. The van der Waals surface area contributed by atoms with Gasteiger partial charge in [-0.1, -0.05) is 25.8 Å². The molecule has 0 radical (unpaired) electrons. The lowest BCUT2D eigenvalue weighted by atomic mass is 9.86. The summed E-state index contributed by atoms with van der Waals surface area (Å²) in [6.07, 6.45) is 10.8. The summed E-state index contributed by atoms with van der Waals surface area (Å²) in [5, 5.41) is 0. The van der Waals surface area contributed by atoms with Crippen LogP contribution in [0.5, 0.6) is 0 Å². The molecule has 0 unspecified atom stereocenters. The predicted octanol–water partition coefficient (Wildman–Crippen LogP) is 4.94. The first kappa shape index (κ1) is 18.4. The minimum Gasteiger partial charge on any atom is -0.338 e. The maximum Gasteiger partial charge on any atom is 0.237 e. The van der Waals surface area contributed by atoms with Gasteiger partial charge in [0.1, 0.15) is 5.82 Å². The lowest BCUT2D eigenvalue weighted by molar-refractivity contribution is -0.122. The molecule has 0 bridgehead atoms. The van der Waals surface area contributed by atoms with E-state index in [1.807, 2.05) is 49.2 Å². The molecule has 0 saturated heterocycles. The Bertz CT molecular complexity index is 1030. The maximum absolute atomic E-state index is 13.0. The quantitative estimate of drug-likeness (QED) is 0.622. The smallest absolute Gasteiger partial charge is 0.237 e. The van der Waals surface area contributed by atoms with Crippen LogP contribution in [0.2, 0.25) is 0 Å². The Morgan fingerprint density at radius 1 is 1.21 bits per heavy atom. The standard InChI is InChI=1S/C23H26N4O/c1-4-5-6-12-27-20-14-19-18(13-17(20)23(2,3)22(27)28)25-21(26-19)10-9-16-8-7-11-24-15-16/h7-11,13-15H,4-6,12H2,1-3H3,(H,25,26). The molecule has 1 N–H and O–H groups in total. The summed E-state index contributed by atoms with van der Waals surface area (Å²) in [6.45, 7) is 6.98. The van der Waals surface area contributed by atoms with Crippen molar-refractivity contribution in [3.8, 4) is 0 Å². The van der Waals surface area contributed by atoms with Crippen LogP contribution in [0.15, 0.2) is 36.7 Å². The van der Waals surface area contributed by atoms with Gasteiger partial charge < -0.3 is 9.88 Å². The van der Waals surface area contributed by atoms with Crippen LogP contribution in [-0.4, -0.2) is 27.4 Å². The Hall–Kier alpha value is -2.95. The number of H-pyrrole nitrogens is 1. The number of hydrogen-bond acceptors (Lipinski definition) is 3. The van der Waals surface area contributed by atoms with E-state index in [0.29, 0.717) is 0 Å². The number of nitrogens with one attached hydrogen (secondary N) is 1. The SMILES string of the molecule is CCCCCN1C(=O)C(C)(C)c2cc3[nH]c(C=Cc4cccnc4)nc3cc21. The molecule has 5 nitrogen and oxygen atoms in total. The molecule has 1 aliphatic rings. The molecule has 0 fully saturated rings. The van der Waals surface area contributed by atoms with Crippen molar-refractivity contribution in [1.29, 1.82) is 0 Å². The van der Waals surface area contributed by atoms with Crippen molar-refractivity contribution in [3.05, 3.63) is 53.6 Å². The summed E-state index contributed by atoms with van der Waals surface area (Å²) in [7, 11) is 0. The van der Waals surface area contributed by atoms with Crippen molar-refractivity contribution in [3.63, 3.8) is 0 Å². The van der Waals surface area contributed by atoms with Gasteiger partial charge in [0.15, 0.2) is 0 Å². The molecule has 3 aromatic rings. The van der Waals surface area contributed by atoms with E-state index < -0.39 is 5.41 Å². The number of nitrogens with zero attached hydrogens (tertiary/aromatic N) is 3. The molecule has 3 heterocycles. The molecule has 1 amide bonds. The Morgan fingerprint density at radius 2 is 2.07 bits per heavy atom. The predicted molar refractivity (Wildman–Crippen MR) is 114 cm³/mol. The molecule has 0 saturated carbocycles. The van der Waals surface area contributed by atoms with Gasteiger partial charge in [-0.25, -0.2) is 4.98 Å². The molecule has 2 aromatic heterocycles. The van der Waals surface area contributed by atoms with E-state index in [-0.39, 0.29) is 5.91 Å². The van der Waals surface area contributed by atoms with Crippen molar-refractivity contribution < 1.29 is 4.79 Å². The van der Waals surface area contributed by atoms with Gasteiger partial charge in [0.25, 0.3) is 0 Å². The fourth-order valence-corrected chi connectivity index (χ4v) is 3.82.